The van der Waals surface area contributed by atoms with E-state index < -0.39 is 0 Å². The monoisotopic (exact) mass is 252 g/mol. The smallest absolute Gasteiger partial charge is 0.191 e. The van der Waals surface area contributed by atoms with Gasteiger partial charge in [0, 0.05) is 33.2 Å². The highest BCUT2D eigenvalue weighted by molar-refractivity contribution is 5.79. The summed E-state index contributed by atoms with van der Waals surface area (Å²) in [5.41, 5.74) is 0. The molecule has 1 saturated carbocycles. The van der Waals surface area contributed by atoms with Crippen LogP contribution in [0.15, 0.2) is 4.99 Å². The minimum atomic E-state index is 0.867. The van der Waals surface area contributed by atoms with Crippen molar-refractivity contribution in [1.82, 2.24) is 15.5 Å². The summed E-state index contributed by atoms with van der Waals surface area (Å²) in [6.07, 6.45) is 5.52. The first-order valence-corrected chi connectivity index (χ1v) is 7.45. The number of rotatable bonds is 5. The van der Waals surface area contributed by atoms with Gasteiger partial charge in [0.1, 0.15) is 0 Å². The molecular formula is C14H28N4. The summed E-state index contributed by atoms with van der Waals surface area (Å²) in [7, 11) is 1.85. The molecule has 0 radical (unpaired) electrons. The molecule has 1 atom stereocenters. The maximum atomic E-state index is 4.26. The maximum Gasteiger partial charge on any atom is 0.191 e. The maximum absolute atomic E-state index is 4.26. The van der Waals surface area contributed by atoms with E-state index in [1.807, 2.05) is 7.05 Å². The lowest BCUT2D eigenvalue weighted by Gasteiger charge is -2.30. The summed E-state index contributed by atoms with van der Waals surface area (Å²) in [5.74, 6) is 2.73. The largest absolute Gasteiger partial charge is 0.356 e. The number of nitrogens with one attached hydrogen (secondary N) is 2. The van der Waals surface area contributed by atoms with Crippen LogP contribution in [-0.4, -0.2) is 50.6 Å². The lowest BCUT2D eigenvalue weighted by atomic mass is 10.0. The summed E-state index contributed by atoms with van der Waals surface area (Å²) in [4.78, 5) is 6.83. The van der Waals surface area contributed by atoms with E-state index in [4.69, 9.17) is 0 Å². The Morgan fingerprint density at radius 2 is 2.11 bits per heavy atom. The van der Waals surface area contributed by atoms with Crippen LogP contribution in [0.2, 0.25) is 0 Å². The highest BCUT2D eigenvalue weighted by Gasteiger charge is 2.21. The lowest BCUT2D eigenvalue weighted by molar-refractivity contribution is 0.187. The molecule has 0 aromatic heterocycles. The van der Waals surface area contributed by atoms with Gasteiger partial charge in [-0.3, -0.25) is 4.99 Å². The van der Waals surface area contributed by atoms with Crippen LogP contribution < -0.4 is 10.6 Å². The Bertz CT molecular complexity index is 273. The Morgan fingerprint density at radius 1 is 1.28 bits per heavy atom. The Kier molecular flexibility index (Phi) is 5.29. The molecule has 1 aliphatic carbocycles. The number of nitrogens with zero attached hydrogens (tertiary/aromatic N) is 2. The van der Waals surface area contributed by atoms with Crippen molar-refractivity contribution in [2.75, 3.05) is 39.8 Å². The number of hydrogen-bond acceptors (Lipinski definition) is 2. The first-order valence-electron chi connectivity index (χ1n) is 7.45. The molecule has 1 unspecified atom stereocenters. The molecule has 0 aromatic carbocycles. The van der Waals surface area contributed by atoms with Crippen LogP contribution in [0.4, 0.5) is 0 Å². The van der Waals surface area contributed by atoms with E-state index in [1.54, 1.807) is 0 Å². The molecule has 1 saturated heterocycles. The van der Waals surface area contributed by atoms with E-state index in [9.17, 15) is 0 Å². The molecule has 0 aromatic rings. The highest BCUT2D eigenvalue weighted by Crippen LogP contribution is 2.27. The summed E-state index contributed by atoms with van der Waals surface area (Å²) in [6, 6.07) is 0. The van der Waals surface area contributed by atoms with E-state index in [-0.39, 0.29) is 0 Å². The predicted molar refractivity (Wildman–Crippen MR) is 76.9 cm³/mol. The molecule has 1 heterocycles. The quantitative estimate of drug-likeness (QED) is 0.572. The molecule has 0 amide bonds. The van der Waals surface area contributed by atoms with Crippen LogP contribution in [-0.2, 0) is 0 Å². The van der Waals surface area contributed by atoms with Gasteiger partial charge in [0.05, 0.1) is 0 Å². The van der Waals surface area contributed by atoms with E-state index in [0.717, 1.165) is 37.4 Å². The molecule has 18 heavy (non-hydrogen) atoms. The fraction of sp³-hybridized carbons (Fsp3) is 0.929. The first-order chi connectivity index (χ1) is 8.78. The number of piperidine rings is 1. The zero-order chi connectivity index (χ0) is 12.8. The van der Waals surface area contributed by atoms with E-state index in [1.165, 1.54) is 38.8 Å². The van der Waals surface area contributed by atoms with Gasteiger partial charge in [0.2, 0.25) is 0 Å². The highest BCUT2D eigenvalue weighted by atomic mass is 15.2. The second-order valence-electron chi connectivity index (χ2n) is 5.87. The summed E-state index contributed by atoms with van der Waals surface area (Å²) in [5, 5.41) is 6.81. The van der Waals surface area contributed by atoms with Gasteiger partial charge < -0.3 is 15.5 Å². The third-order valence-corrected chi connectivity index (χ3v) is 3.94. The molecule has 2 fully saturated rings. The molecular weight excluding hydrogens is 224 g/mol. The van der Waals surface area contributed by atoms with Crippen LogP contribution >= 0.6 is 0 Å². The van der Waals surface area contributed by atoms with E-state index in [0.29, 0.717) is 0 Å². The molecule has 2 rings (SSSR count). The topological polar surface area (TPSA) is 39.7 Å². The molecule has 0 spiro atoms. The average molecular weight is 252 g/mol. The first kappa shape index (κ1) is 13.7. The molecule has 0 bridgehead atoms. The van der Waals surface area contributed by atoms with Crippen LogP contribution in [0, 0.1) is 11.8 Å². The third-order valence-electron chi connectivity index (χ3n) is 3.94. The van der Waals surface area contributed by atoms with Crippen molar-refractivity contribution in [2.24, 2.45) is 16.8 Å². The normalized spacial score (nSPS) is 26.1. The van der Waals surface area contributed by atoms with Crippen molar-refractivity contribution in [2.45, 2.75) is 32.6 Å². The van der Waals surface area contributed by atoms with Gasteiger partial charge in [-0.25, -0.2) is 0 Å². The fourth-order valence-corrected chi connectivity index (χ4v) is 2.61. The van der Waals surface area contributed by atoms with Crippen LogP contribution in [0.3, 0.4) is 0 Å². The van der Waals surface area contributed by atoms with Gasteiger partial charge in [0.25, 0.3) is 0 Å². The van der Waals surface area contributed by atoms with Gasteiger partial charge in [0.15, 0.2) is 5.96 Å². The Labute approximate surface area is 111 Å². The zero-order valence-electron chi connectivity index (χ0n) is 11.9. The fourth-order valence-electron chi connectivity index (χ4n) is 2.61. The second kappa shape index (κ2) is 6.98. The summed E-state index contributed by atoms with van der Waals surface area (Å²) in [6.45, 7) is 8.09. The molecule has 4 nitrogen and oxygen atoms in total. The SMILES string of the molecule is CN=C(NCCN1CCCC(C)C1)NCC1CC1. The molecule has 104 valence electrons. The molecule has 2 aliphatic rings. The van der Waals surface area contributed by atoms with Crippen LogP contribution in [0.5, 0.6) is 0 Å². The molecule has 2 N–H and O–H groups in total. The zero-order valence-corrected chi connectivity index (χ0v) is 11.9. The van der Waals surface area contributed by atoms with Crippen molar-refractivity contribution in [3.8, 4) is 0 Å². The van der Waals surface area contributed by atoms with E-state index >= 15 is 0 Å². The summed E-state index contributed by atoms with van der Waals surface area (Å²) >= 11 is 0. The summed E-state index contributed by atoms with van der Waals surface area (Å²) < 4.78 is 0. The van der Waals surface area contributed by atoms with Gasteiger partial charge in [-0.1, -0.05) is 6.92 Å². The van der Waals surface area contributed by atoms with E-state index in [2.05, 4.69) is 27.4 Å². The van der Waals surface area contributed by atoms with Crippen LogP contribution in [0.25, 0.3) is 0 Å². The van der Waals surface area contributed by atoms with Gasteiger partial charge in [-0.05, 0) is 44.1 Å². The molecule has 1 aliphatic heterocycles. The van der Waals surface area contributed by atoms with Crippen molar-refractivity contribution in [3.63, 3.8) is 0 Å². The van der Waals surface area contributed by atoms with Crippen molar-refractivity contribution in [1.29, 1.82) is 0 Å². The Morgan fingerprint density at radius 3 is 2.78 bits per heavy atom. The predicted octanol–water partition coefficient (Wildman–Crippen LogP) is 1.29. The second-order valence-corrected chi connectivity index (χ2v) is 5.87. The van der Waals surface area contributed by atoms with Crippen molar-refractivity contribution >= 4 is 5.96 Å². The van der Waals surface area contributed by atoms with Gasteiger partial charge in [-0.2, -0.15) is 0 Å². The third kappa shape index (κ3) is 4.84. The van der Waals surface area contributed by atoms with Gasteiger partial charge in [-0.15, -0.1) is 0 Å². The average Bonchev–Trinajstić information content (AvgIpc) is 3.17. The lowest BCUT2D eigenvalue weighted by Crippen LogP contribution is -2.44. The minimum Gasteiger partial charge on any atom is -0.356 e. The standard InChI is InChI=1S/C14H28N4/c1-12-4-3-8-18(11-12)9-7-16-14(15-2)17-10-13-5-6-13/h12-13H,3-11H2,1-2H3,(H2,15,16,17). The Hall–Kier alpha value is -0.770. The number of aliphatic imine (C=N–C) groups is 1. The van der Waals surface area contributed by atoms with Crippen LogP contribution in [0.1, 0.15) is 32.6 Å². The molecule has 4 heteroatoms. The van der Waals surface area contributed by atoms with Gasteiger partial charge >= 0.3 is 0 Å². The number of guanidine groups is 1. The van der Waals surface area contributed by atoms with Crippen molar-refractivity contribution < 1.29 is 0 Å². The minimum absolute atomic E-state index is 0.867. The number of likely N-dealkylation sites (tertiary alicyclic amines) is 1. The Balaban J connectivity index is 1.57. The van der Waals surface area contributed by atoms with Crippen molar-refractivity contribution in [3.05, 3.63) is 0 Å². The number of hydrogen-bond donors (Lipinski definition) is 2.